The van der Waals surface area contributed by atoms with Gasteiger partial charge in [-0.05, 0) is 80.9 Å². The first-order valence-corrected chi connectivity index (χ1v) is 17.0. The number of benzene rings is 3. The largest absolute Gasteiger partial charge is 0.505 e. The number of phenolic OH excluding ortho intramolecular Hbond substituents is 1. The number of pyridine rings is 1. The van der Waals surface area contributed by atoms with E-state index in [0.717, 1.165) is 15.9 Å². The van der Waals surface area contributed by atoms with Gasteiger partial charge in [-0.3, -0.25) is 4.98 Å². The van der Waals surface area contributed by atoms with Gasteiger partial charge in [0.05, 0.1) is 25.0 Å². The molecule has 5 nitrogen and oxygen atoms in total. The molecule has 0 aliphatic carbocycles. The van der Waals surface area contributed by atoms with Crippen LogP contribution >= 0.6 is 0 Å². The highest BCUT2D eigenvalue weighted by molar-refractivity contribution is 6.99. The van der Waals surface area contributed by atoms with Crippen molar-refractivity contribution in [3.63, 3.8) is 0 Å². The van der Waals surface area contributed by atoms with E-state index in [9.17, 15) is 19.7 Å². The van der Waals surface area contributed by atoms with Gasteiger partial charge in [-0.25, -0.2) is 4.39 Å². The molecule has 0 fully saturated rings. The van der Waals surface area contributed by atoms with E-state index >= 15 is 0 Å². The lowest BCUT2D eigenvalue weighted by Gasteiger charge is -2.43. The molecular weight excluding hydrogens is 582 g/mol. The molecule has 0 aliphatic heterocycles. The monoisotopic (exact) mass is 623 g/mol. The van der Waals surface area contributed by atoms with E-state index in [2.05, 4.69) is 56.6 Å². The molecule has 0 bridgehead atoms. The predicted octanol–water partition coefficient (Wildman–Crippen LogP) is 6.66. The van der Waals surface area contributed by atoms with Gasteiger partial charge in [-0.15, -0.1) is 0 Å². The number of aliphatic hydroxyl groups is 2. The van der Waals surface area contributed by atoms with Crippen molar-refractivity contribution in [1.29, 1.82) is 0 Å². The Bertz CT molecular complexity index is 1580. The summed E-state index contributed by atoms with van der Waals surface area (Å²) in [4.78, 5) is 4.47. The van der Waals surface area contributed by atoms with Crippen molar-refractivity contribution in [1.82, 2.24) is 4.98 Å². The summed E-state index contributed by atoms with van der Waals surface area (Å²) in [6.07, 6.45) is 4.82. The van der Waals surface area contributed by atoms with Crippen molar-refractivity contribution >= 4 is 30.3 Å². The third-order valence-corrected chi connectivity index (χ3v) is 12.9. The van der Waals surface area contributed by atoms with Gasteiger partial charge >= 0.3 is 0 Å². The van der Waals surface area contributed by atoms with Crippen LogP contribution in [-0.4, -0.2) is 47.9 Å². The molecular formula is C38H42FNO4Si. The minimum Gasteiger partial charge on any atom is -0.505 e. The number of allylic oxidation sites excluding steroid dienone is 1. The van der Waals surface area contributed by atoms with E-state index in [-0.39, 0.29) is 18.3 Å². The minimum atomic E-state index is -2.85. The Labute approximate surface area is 266 Å². The highest BCUT2D eigenvalue weighted by Crippen LogP contribution is 2.37. The summed E-state index contributed by atoms with van der Waals surface area (Å²) < 4.78 is 21.1. The topological polar surface area (TPSA) is 82.8 Å². The van der Waals surface area contributed by atoms with Crippen molar-refractivity contribution in [3.05, 3.63) is 144 Å². The molecule has 1 heterocycles. The Hall–Kier alpha value is -4.14. The molecule has 0 saturated carbocycles. The van der Waals surface area contributed by atoms with Crippen molar-refractivity contribution in [2.45, 2.75) is 44.8 Å². The van der Waals surface area contributed by atoms with E-state index in [4.69, 9.17) is 4.43 Å². The Kier molecular flexibility index (Phi) is 11.4. The van der Waals surface area contributed by atoms with Crippen LogP contribution in [-0.2, 0) is 4.43 Å². The number of hydrogen-bond acceptors (Lipinski definition) is 5. The maximum absolute atomic E-state index is 14.1. The zero-order chi connectivity index (χ0) is 32.5. The smallest absolute Gasteiger partial charge is 0.261 e. The molecule has 0 radical (unpaired) electrons. The van der Waals surface area contributed by atoms with Crippen molar-refractivity contribution in [3.8, 4) is 5.75 Å². The Morgan fingerprint density at radius 3 is 2.11 bits per heavy atom. The average molecular weight is 624 g/mol. The van der Waals surface area contributed by atoms with Crippen LogP contribution in [0.4, 0.5) is 4.39 Å². The summed E-state index contributed by atoms with van der Waals surface area (Å²) in [7, 11) is -2.85. The van der Waals surface area contributed by atoms with E-state index in [1.54, 1.807) is 24.4 Å². The van der Waals surface area contributed by atoms with Crippen LogP contribution in [0.15, 0.2) is 127 Å². The average Bonchev–Trinajstić information content (AvgIpc) is 3.04. The molecule has 0 spiro atoms. The van der Waals surface area contributed by atoms with E-state index < -0.39 is 26.0 Å². The van der Waals surface area contributed by atoms with Crippen molar-refractivity contribution < 1.29 is 24.1 Å². The summed E-state index contributed by atoms with van der Waals surface area (Å²) >= 11 is 0. The summed E-state index contributed by atoms with van der Waals surface area (Å²) in [6.45, 7) is 10.8. The van der Waals surface area contributed by atoms with Crippen LogP contribution in [0.3, 0.4) is 0 Å². The van der Waals surface area contributed by atoms with Gasteiger partial charge in [-0.1, -0.05) is 106 Å². The summed E-state index contributed by atoms with van der Waals surface area (Å²) in [5.41, 5.74) is 3.16. The lowest BCUT2D eigenvalue weighted by Crippen LogP contribution is -2.66. The first-order chi connectivity index (χ1) is 21.6. The van der Waals surface area contributed by atoms with E-state index in [1.807, 2.05) is 54.6 Å². The number of aromatic nitrogens is 1. The molecule has 0 saturated heterocycles. The van der Waals surface area contributed by atoms with Crippen LogP contribution in [0.1, 0.15) is 44.9 Å². The Morgan fingerprint density at radius 2 is 1.58 bits per heavy atom. The number of aromatic hydroxyl groups is 1. The van der Waals surface area contributed by atoms with Crippen LogP contribution in [0.5, 0.6) is 5.75 Å². The number of aliphatic hydroxyl groups excluding tert-OH is 2. The predicted molar refractivity (Wildman–Crippen MR) is 183 cm³/mol. The molecule has 45 heavy (non-hydrogen) atoms. The number of nitrogens with zero attached hydrogens (tertiary/aromatic N) is 1. The van der Waals surface area contributed by atoms with Gasteiger partial charge in [-0.2, -0.15) is 0 Å². The van der Waals surface area contributed by atoms with Crippen LogP contribution in [0, 0.1) is 5.82 Å². The fourth-order valence-corrected chi connectivity index (χ4v) is 10.3. The van der Waals surface area contributed by atoms with E-state index in [0.29, 0.717) is 35.2 Å². The SMILES string of the molecule is C=C(CO[Si](c1ccccc1)(c1ccccc1)C(C)(C)C)/C(=C/CO)C(O)CC/C(=C/c1ccc(O)c(F)c1)c1ccccn1. The summed E-state index contributed by atoms with van der Waals surface area (Å²) in [5, 5.41) is 33.0. The van der Waals surface area contributed by atoms with Crippen LogP contribution < -0.4 is 10.4 Å². The van der Waals surface area contributed by atoms with Gasteiger partial charge in [0.25, 0.3) is 8.32 Å². The third kappa shape index (κ3) is 8.12. The lowest BCUT2D eigenvalue weighted by molar-refractivity contribution is 0.199. The maximum Gasteiger partial charge on any atom is 0.261 e. The first-order valence-electron chi connectivity index (χ1n) is 15.1. The van der Waals surface area contributed by atoms with Crippen molar-refractivity contribution in [2.24, 2.45) is 0 Å². The second-order valence-corrected chi connectivity index (χ2v) is 16.4. The molecule has 3 aromatic carbocycles. The van der Waals surface area contributed by atoms with Gasteiger partial charge in [0.1, 0.15) is 0 Å². The quantitative estimate of drug-likeness (QED) is 0.115. The molecule has 4 rings (SSSR count). The highest BCUT2D eigenvalue weighted by Gasteiger charge is 2.50. The molecule has 0 aliphatic rings. The first kappa shape index (κ1) is 33.7. The summed E-state index contributed by atoms with van der Waals surface area (Å²) in [5.74, 6) is -1.13. The zero-order valence-corrected chi connectivity index (χ0v) is 27.2. The second kappa shape index (κ2) is 15.2. The molecule has 1 aromatic heterocycles. The molecule has 1 atom stereocenters. The Morgan fingerprint density at radius 1 is 0.956 bits per heavy atom. The fourth-order valence-electron chi connectivity index (χ4n) is 5.74. The lowest BCUT2D eigenvalue weighted by atomic mass is 9.94. The minimum absolute atomic E-state index is 0.173. The third-order valence-electron chi connectivity index (χ3n) is 7.95. The van der Waals surface area contributed by atoms with Gasteiger partial charge in [0, 0.05) is 6.20 Å². The number of rotatable bonds is 13. The molecule has 234 valence electrons. The summed E-state index contributed by atoms with van der Waals surface area (Å²) in [6, 6.07) is 30.3. The normalized spacial score (nSPS) is 13.5. The second-order valence-electron chi connectivity index (χ2n) is 12.0. The zero-order valence-electron chi connectivity index (χ0n) is 26.2. The standard InChI is InChI=1S/C38H42FNO4Si/c1-28(27-44-45(38(2,3)4,31-13-7-5-8-14-31)32-15-9-6-10-16-32)33(22-24-41)36(42)21-19-30(35-17-11-12-23-40-35)25-29-18-20-37(43)34(39)26-29/h5-18,20,22-23,25-26,36,41-43H,1,19,21,24,27H2,2-4H3/b30-25-,33-22-. The molecule has 0 amide bonds. The van der Waals surface area contributed by atoms with Gasteiger partial charge in [0.15, 0.2) is 11.6 Å². The molecule has 3 N–H and O–H groups in total. The van der Waals surface area contributed by atoms with Crippen LogP contribution in [0.2, 0.25) is 5.04 Å². The number of phenols is 1. The number of halogens is 1. The molecule has 1 unspecified atom stereocenters. The van der Waals surface area contributed by atoms with Gasteiger partial charge in [0.2, 0.25) is 0 Å². The van der Waals surface area contributed by atoms with Crippen molar-refractivity contribution in [2.75, 3.05) is 13.2 Å². The molecule has 4 aromatic rings. The number of hydrogen-bond donors (Lipinski definition) is 3. The highest BCUT2D eigenvalue weighted by atomic mass is 28.4. The molecule has 7 heteroatoms. The fraction of sp³-hybridized carbons (Fsp3) is 0.237. The van der Waals surface area contributed by atoms with Gasteiger partial charge < -0.3 is 19.7 Å². The van der Waals surface area contributed by atoms with E-state index in [1.165, 1.54) is 12.1 Å². The Balaban J connectivity index is 1.59. The maximum atomic E-state index is 14.1. The van der Waals surface area contributed by atoms with Crippen LogP contribution in [0.25, 0.3) is 11.6 Å².